The zero-order chi connectivity index (χ0) is 23.6. The van der Waals surface area contributed by atoms with E-state index in [2.05, 4.69) is 22.2 Å². The fourth-order valence-corrected chi connectivity index (χ4v) is 4.25. The molecular formula is C20H28F3N5O2S. The summed E-state index contributed by atoms with van der Waals surface area (Å²) in [7, 11) is -2.85. The maximum absolute atomic E-state index is 13.4. The lowest BCUT2D eigenvalue weighted by Gasteiger charge is -2.28. The lowest BCUT2D eigenvalue weighted by Crippen LogP contribution is -2.45. The van der Waals surface area contributed by atoms with Crippen LogP contribution < -0.4 is 16.4 Å². The van der Waals surface area contributed by atoms with Gasteiger partial charge in [0.25, 0.3) is 0 Å². The SMILES string of the molecule is C=C/C(=C(\N=C(/N)Nc1ccc(S(=N)(=O)C2CC2)cc1)N[C@H](C)C(C)(C)O)C(F)(F)F. The minimum absolute atomic E-state index is 0.130. The molecule has 0 amide bonds. The molecule has 1 saturated carbocycles. The molecule has 2 atom stereocenters. The molecule has 11 heteroatoms. The first-order valence-electron chi connectivity index (χ1n) is 9.58. The van der Waals surface area contributed by atoms with Crippen molar-refractivity contribution in [1.82, 2.24) is 5.32 Å². The maximum Gasteiger partial charge on any atom is 0.419 e. The summed E-state index contributed by atoms with van der Waals surface area (Å²) in [5.74, 6) is -0.933. The minimum Gasteiger partial charge on any atom is -0.388 e. The quantitative estimate of drug-likeness (QED) is 0.230. The summed E-state index contributed by atoms with van der Waals surface area (Å²) in [6.07, 6.45) is -2.60. The van der Waals surface area contributed by atoms with Crippen molar-refractivity contribution in [2.75, 3.05) is 5.32 Å². The molecule has 1 aromatic carbocycles. The summed E-state index contributed by atoms with van der Waals surface area (Å²) in [6.45, 7) is 7.61. The standard InChI is InChI=1S/C20H28F3N5O2S/c1-5-16(20(21,22)23)17(26-12(2)19(3,4)29)28-18(24)27-13-6-8-14(9-7-13)31(25,30)15-10-11-15/h5-9,12,15,25-26,29H,1,10-11H2,2-4H3,(H3,24,27,28)/b17-16+/t12-,31?/m1/s1. The fraction of sp³-hybridized carbons (Fsp3) is 0.450. The van der Waals surface area contributed by atoms with E-state index in [4.69, 9.17) is 10.5 Å². The third-order valence-electron chi connectivity index (χ3n) is 4.88. The average molecular weight is 460 g/mol. The van der Waals surface area contributed by atoms with Crippen molar-refractivity contribution in [1.29, 1.82) is 4.78 Å². The van der Waals surface area contributed by atoms with Gasteiger partial charge in [-0.05, 0) is 57.9 Å². The van der Waals surface area contributed by atoms with E-state index in [9.17, 15) is 22.5 Å². The van der Waals surface area contributed by atoms with E-state index in [1.54, 1.807) is 0 Å². The Morgan fingerprint density at radius 1 is 1.35 bits per heavy atom. The Morgan fingerprint density at radius 3 is 2.32 bits per heavy atom. The molecule has 1 aliphatic carbocycles. The highest BCUT2D eigenvalue weighted by Gasteiger charge is 2.36. The molecular weight excluding hydrogens is 431 g/mol. The van der Waals surface area contributed by atoms with Crippen molar-refractivity contribution in [2.45, 2.75) is 61.6 Å². The molecule has 31 heavy (non-hydrogen) atoms. The molecule has 0 spiro atoms. The molecule has 0 heterocycles. The predicted octanol–water partition coefficient (Wildman–Crippen LogP) is 3.69. The zero-order valence-electron chi connectivity index (χ0n) is 17.6. The van der Waals surface area contributed by atoms with Crippen molar-refractivity contribution in [3.05, 3.63) is 48.3 Å². The second-order valence-electron chi connectivity index (χ2n) is 7.93. The average Bonchev–Trinajstić information content (AvgIpc) is 3.46. The lowest BCUT2D eigenvalue weighted by molar-refractivity contribution is -0.0895. The number of aliphatic hydroxyl groups is 1. The summed E-state index contributed by atoms with van der Waals surface area (Å²) in [5, 5.41) is 15.2. The van der Waals surface area contributed by atoms with Gasteiger partial charge in [-0.2, -0.15) is 18.2 Å². The number of rotatable bonds is 8. The number of allylic oxidation sites excluding steroid dienone is 2. The van der Waals surface area contributed by atoms with Crippen LogP contribution in [0.15, 0.2) is 58.2 Å². The Balaban J connectivity index is 2.30. The molecule has 2 rings (SSSR count). The Hall–Kier alpha value is -2.53. The number of halogens is 3. The van der Waals surface area contributed by atoms with E-state index in [1.165, 1.54) is 45.0 Å². The van der Waals surface area contributed by atoms with Crippen LogP contribution in [-0.4, -0.2) is 38.3 Å². The summed E-state index contributed by atoms with van der Waals surface area (Å²) in [4.78, 5) is 4.22. The molecule has 7 nitrogen and oxygen atoms in total. The number of nitrogens with two attached hydrogens (primary N) is 1. The number of hydrogen-bond acceptors (Lipinski definition) is 5. The van der Waals surface area contributed by atoms with E-state index < -0.39 is 38.9 Å². The molecule has 0 aromatic heterocycles. The van der Waals surface area contributed by atoms with Crippen molar-refractivity contribution in [2.24, 2.45) is 10.7 Å². The molecule has 1 aliphatic rings. The summed E-state index contributed by atoms with van der Waals surface area (Å²) in [6, 6.07) is 5.33. The number of aliphatic imine (C=N–C) groups is 1. The number of guanidine groups is 1. The molecule has 1 fully saturated rings. The molecule has 1 unspecified atom stereocenters. The zero-order valence-corrected chi connectivity index (χ0v) is 18.4. The summed E-state index contributed by atoms with van der Waals surface area (Å²) in [5.41, 5.74) is 3.75. The third-order valence-corrected chi connectivity index (χ3v) is 7.26. The van der Waals surface area contributed by atoms with Gasteiger partial charge in [-0.25, -0.2) is 8.99 Å². The number of anilines is 1. The predicted molar refractivity (Wildman–Crippen MR) is 116 cm³/mol. The van der Waals surface area contributed by atoms with Gasteiger partial charge in [0.15, 0.2) is 5.96 Å². The molecule has 1 aromatic rings. The molecule has 0 saturated heterocycles. The Morgan fingerprint density at radius 2 is 1.90 bits per heavy atom. The van der Waals surface area contributed by atoms with Crippen LogP contribution >= 0.6 is 0 Å². The minimum atomic E-state index is -4.74. The van der Waals surface area contributed by atoms with Crippen molar-refractivity contribution >= 4 is 21.4 Å². The third kappa shape index (κ3) is 6.47. The van der Waals surface area contributed by atoms with E-state index in [1.807, 2.05) is 0 Å². The van der Waals surface area contributed by atoms with E-state index in [0.29, 0.717) is 16.7 Å². The van der Waals surface area contributed by atoms with Crippen LogP contribution in [0.25, 0.3) is 0 Å². The number of alkyl halides is 3. The first-order valence-corrected chi connectivity index (χ1v) is 11.2. The number of hydrogen-bond donors (Lipinski definition) is 5. The van der Waals surface area contributed by atoms with Crippen LogP contribution in [0.5, 0.6) is 0 Å². The van der Waals surface area contributed by atoms with Crippen molar-refractivity contribution < 1.29 is 22.5 Å². The largest absolute Gasteiger partial charge is 0.419 e. The van der Waals surface area contributed by atoms with Gasteiger partial charge >= 0.3 is 6.18 Å². The lowest BCUT2D eigenvalue weighted by atomic mass is 10.0. The molecule has 172 valence electrons. The molecule has 0 radical (unpaired) electrons. The van der Waals surface area contributed by atoms with E-state index in [-0.39, 0.29) is 11.2 Å². The number of benzene rings is 1. The topological polar surface area (TPSA) is 124 Å². The number of nitrogens with one attached hydrogen (secondary N) is 3. The van der Waals surface area contributed by atoms with Crippen LogP contribution in [0.3, 0.4) is 0 Å². The van der Waals surface area contributed by atoms with Gasteiger partial charge in [0.2, 0.25) is 0 Å². The Bertz CT molecular complexity index is 974. The van der Waals surface area contributed by atoms with Crippen LogP contribution in [-0.2, 0) is 9.73 Å². The van der Waals surface area contributed by atoms with Gasteiger partial charge in [0, 0.05) is 15.8 Å². The Labute approximate surface area is 180 Å². The summed E-state index contributed by atoms with van der Waals surface area (Å²) >= 11 is 0. The van der Waals surface area contributed by atoms with Gasteiger partial charge in [0.05, 0.1) is 26.9 Å². The number of nitrogens with zero attached hydrogens (tertiary/aromatic N) is 1. The fourth-order valence-electron chi connectivity index (χ4n) is 2.53. The van der Waals surface area contributed by atoms with Gasteiger partial charge in [-0.15, -0.1) is 0 Å². The van der Waals surface area contributed by atoms with Crippen LogP contribution in [0, 0.1) is 4.78 Å². The van der Waals surface area contributed by atoms with Gasteiger partial charge in [-0.1, -0.05) is 12.7 Å². The van der Waals surface area contributed by atoms with Crippen LogP contribution in [0.1, 0.15) is 33.6 Å². The van der Waals surface area contributed by atoms with Gasteiger partial charge < -0.3 is 21.5 Å². The highest BCUT2D eigenvalue weighted by molar-refractivity contribution is 7.93. The first kappa shape index (κ1) is 24.7. The van der Waals surface area contributed by atoms with Gasteiger partial charge in [-0.3, -0.25) is 0 Å². The highest BCUT2D eigenvalue weighted by atomic mass is 32.2. The molecule has 6 N–H and O–H groups in total. The van der Waals surface area contributed by atoms with E-state index in [0.717, 1.165) is 12.8 Å². The molecule has 0 bridgehead atoms. The second-order valence-corrected chi connectivity index (χ2v) is 10.3. The van der Waals surface area contributed by atoms with Gasteiger partial charge in [0.1, 0.15) is 5.82 Å². The van der Waals surface area contributed by atoms with E-state index >= 15 is 0 Å². The van der Waals surface area contributed by atoms with Crippen LogP contribution in [0.4, 0.5) is 18.9 Å². The first-order chi connectivity index (χ1) is 14.2. The smallest absolute Gasteiger partial charge is 0.388 e. The normalized spacial score (nSPS) is 19.1. The van der Waals surface area contributed by atoms with Crippen molar-refractivity contribution in [3.63, 3.8) is 0 Å². The molecule has 0 aliphatic heterocycles. The summed E-state index contributed by atoms with van der Waals surface area (Å²) < 4.78 is 60.7. The second kappa shape index (κ2) is 8.91. The van der Waals surface area contributed by atoms with Crippen LogP contribution in [0.2, 0.25) is 0 Å². The van der Waals surface area contributed by atoms with Crippen molar-refractivity contribution in [3.8, 4) is 0 Å². The monoisotopic (exact) mass is 459 g/mol. The maximum atomic E-state index is 13.4. The highest BCUT2D eigenvalue weighted by Crippen LogP contribution is 2.34. The Kier molecular flexibility index (Phi) is 7.11.